The molecule has 0 saturated carbocycles. The van der Waals surface area contributed by atoms with Crippen molar-refractivity contribution in [1.82, 2.24) is 5.16 Å². The van der Waals surface area contributed by atoms with Crippen LogP contribution in [0.3, 0.4) is 0 Å². The molecular weight excluding hydrogens is 211 g/mol. The van der Waals surface area contributed by atoms with E-state index in [1.165, 1.54) is 24.4 Å². The van der Waals surface area contributed by atoms with Crippen molar-refractivity contribution < 1.29 is 13.7 Å². The lowest BCUT2D eigenvalue weighted by atomic mass is 10.2. The van der Waals surface area contributed by atoms with Gasteiger partial charge in [0.25, 0.3) is 5.91 Å². The molecule has 0 aliphatic rings. The van der Waals surface area contributed by atoms with Crippen molar-refractivity contribution in [3.05, 3.63) is 47.6 Å². The zero-order valence-corrected chi connectivity index (χ0v) is 8.53. The lowest BCUT2D eigenvalue weighted by Gasteiger charge is -2.06. The molecule has 1 aromatic heterocycles. The number of rotatable bonds is 2. The number of amides is 1. The van der Waals surface area contributed by atoms with Crippen LogP contribution in [0.4, 0.5) is 10.1 Å². The second-order valence-electron chi connectivity index (χ2n) is 3.29. The highest BCUT2D eigenvalue weighted by Crippen LogP contribution is 2.16. The van der Waals surface area contributed by atoms with E-state index in [-0.39, 0.29) is 5.76 Å². The van der Waals surface area contributed by atoms with Crippen LogP contribution in [-0.4, -0.2) is 11.1 Å². The molecule has 0 radical (unpaired) electrons. The molecule has 2 aromatic rings. The number of aryl methyl sites for hydroxylation is 1. The number of hydrogen-bond donors (Lipinski definition) is 1. The Labute approximate surface area is 91.1 Å². The fraction of sp³-hybridized carbons (Fsp3) is 0.0909. The van der Waals surface area contributed by atoms with E-state index < -0.39 is 11.7 Å². The molecule has 1 heterocycles. The number of nitrogens with zero attached hydrogens (tertiary/aromatic N) is 1. The average Bonchev–Trinajstić information content (AvgIpc) is 2.76. The summed E-state index contributed by atoms with van der Waals surface area (Å²) in [5.74, 6) is -0.770. The minimum atomic E-state index is -0.453. The zero-order valence-electron chi connectivity index (χ0n) is 8.53. The molecular formula is C11H9FN2O2. The predicted molar refractivity (Wildman–Crippen MR) is 55.6 cm³/mol. The van der Waals surface area contributed by atoms with Crippen molar-refractivity contribution in [3.63, 3.8) is 0 Å². The SMILES string of the molecule is Cc1ccc(F)cc1NC(=O)c1ccno1. The Balaban J connectivity index is 2.21. The third-order valence-electron chi connectivity index (χ3n) is 2.11. The second kappa shape index (κ2) is 4.14. The van der Waals surface area contributed by atoms with Gasteiger partial charge in [0.1, 0.15) is 5.82 Å². The maximum Gasteiger partial charge on any atom is 0.294 e. The van der Waals surface area contributed by atoms with Crippen molar-refractivity contribution in [1.29, 1.82) is 0 Å². The first-order valence-corrected chi connectivity index (χ1v) is 4.65. The van der Waals surface area contributed by atoms with E-state index in [0.29, 0.717) is 5.69 Å². The molecule has 0 atom stereocenters. The fourth-order valence-corrected chi connectivity index (χ4v) is 1.25. The van der Waals surface area contributed by atoms with E-state index in [1.54, 1.807) is 13.0 Å². The summed E-state index contributed by atoms with van der Waals surface area (Å²) in [6.45, 7) is 1.77. The van der Waals surface area contributed by atoms with E-state index in [0.717, 1.165) is 5.56 Å². The first-order chi connectivity index (χ1) is 7.66. The summed E-state index contributed by atoms with van der Waals surface area (Å²) in [6.07, 6.45) is 1.37. The highest BCUT2D eigenvalue weighted by molar-refractivity contribution is 6.02. The van der Waals surface area contributed by atoms with Crippen molar-refractivity contribution in [2.75, 3.05) is 5.32 Å². The van der Waals surface area contributed by atoms with Gasteiger partial charge in [0, 0.05) is 11.8 Å². The molecule has 16 heavy (non-hydrogen) atoms. The molecule has 0 aliphatic heterocycles. The summed E-state index contributed by atoms with van der Waals surface area (Å²) in [4.78, 5) is 11.6. The van der Waals surface area contributed by atoms with E-state index in [2.05, 4.69) is 15.0 Å². The van der Waals surface area contributed by atoms with Gasteiger partial charge >= 0.3 is 0 Å². The van der Waals surface area contributed by atoms with Crippen molar-refractivity contribution in [2.24, 2.45) is 0 Å². The van der Waals surface area contributed by atoms with Crippen LogP contribution in [0.2, 0.25) is 0 Å². The first kappa shape index (κ1) is 10.4. The molecule has 0 fully saturated rings. The van der Waals surface area contributed by atoms with Crippen LogP contribution in [0.1, 0.15) is 16.1 Å². The van der Waals surface area contributed by atoms with E-state index in [4.69, 9.17) is 0 Å². The molecule has 2 rings (SSSR count). The fourth-order valence-electron chi connectivity index (χ4n) is 1.25. The highest BCUT2D eigenvalue weighted by Gasteiger charge is 2.11. The first-order valence-electron chi connectivity index (χ1n) is 4.65. The monoisotopic (exact) mass is 220 g/mol. The molecule has 0 aliphatic carbocycles. The molecule has 5 heteroatoms. The predicted octanol–water partition coefficient (Wildman–Crippen LogP) is 2.37. The van der Waals surface area contributed by atoms with E-state index in [9.17, 15) is 9.18 Å². The minimum absolute atomic E-state index is 0.0867. The molecule has 82 valence electrons. The number of halogens is 1. The van der Waals surface area contributed by atoms with Gasteiger partial charge in [-0.25, -0.2) is 4.39 Å². The third-order valence-corrected chi connectivity index (χ3v) is 2.11. The molecule has 0 bridgehead atoms. The smallest absolute Gasteiger partial charge is 0.294 e. The summed E-state index contributed by atoms with van der Waals surface area (Å²) in [5.41, 5.74) is 1.19. The van der Waals surface area contributed by atoms with Crippen molar-refractivity contribution in [2.45, 2.75) is 6.92 Å². The van der Waals surface area contributed by atoms with Crippen LogP contribution in [0.5, 0.6) is 0 Å². The van der Waals surface area contributed by atoms with Gasteiger partial charge in [-0.3, -0.25) is 4.79 Å². The van der Waals surface area contributed by atoms with Gasteiger partial charge in [-0.05, 0) is 24.6 Å². The van der Waals surface area contributed by atoms with Crippen LogP contribution in [0, 0.1) is 12.7 Å². The summed E-state index contributed by atoms with van der Waals surface area (Å²) < 4.78 is 17.6. The maximum atomic E-state index is 13.0. The summed E-state index contributed by atoms with van der Waals surface area (Å²) in [7, 11) is 0. The normalized spacial score (nSPS) is 10.1. The Bertz CT molecular complexity index is 509. The average molecular weight is 220 g/mol. The Morgan fingerprint density at radius 1 is 1.44 bits per heavy atom. The summed E-state index contributed by atoms with van der Waals surface area (Å²) in [6, 6.07) is 5.61. The van der Waals surface area contributed by atoms with Crippen LogP contribution in [0.25, 0.3) is 0 Å². The molecule has 0 spiro atoms. The number of aromatic nitrogens is 1. The number of carbonyl (C=O) groups is 1. The number of hydrogen-bond acceptors (Lipinski definition) is 3. The largest absolute Gasteiger partial charge is 0.351 e. The van der Waals surface area contributed by atoms with Crippen LogP contribution < -0.4 is 5.32 Å². The molecule has 0 saturated heterocycles. The zero-order chi connectivity index (χ0) is 11.5. The number of benzene rings is 1. The Morgan fingerprint density at radius 3 is 2.94 bits per heavy atom. The van der Waals surface area contributed by atoms with Gasteiger partial charge in [0.2, 0.25) is 5.76 Å². The van der Waals surface area contributed by atoms with Gasteiger partial charge in [-0.15, -0.1) is 0 Å². The van der Waals surface area contributed by atoms with Crippen LogP contribution in [-0.2, 0) is 0 Å². The molecule has 0 unspecified atom stereocenters. The van der Waals surface area contributed by atoms with Crippen LogP contribution in [0.15, 0.2) is 35.0 Å². The van der Waals surface area contributed by atoms with Gasteiger partial charge < -0.3 is 9.84 Å². The third kappa shape index (κ3) is 2.08. The molecule has 1 aromatic carbocycles. The second-order valence-corrected chi connectivity index (χ2v) is 3.29. The van der Waals surface area contributed by atoms with E-state index >= 15 is 0 Å². The molecule has 1 N–H and O–H groups in total. The quantitative estimate of drug-likeness (QED) is 0.845. The number of nitrogens with one attached hydrogen (secondary N) is 1. The van der Waals surface area contributed by atoms with Crippen molar-refractivity contribution in [3.8, 4) is 0 Å². The lowest BCUT2D eigenvalue weighted by molar-refractivity contribution is 0.0988. The summed E-state index contributed by atoms with van der Waals surface area (Å²) in [5, 5.41) is 5.96. The van der Waals surface area contributed by atoms with Crippen LogP contribution >= 0.6 is 0 Å². The van der Waals surface area contributed by atoms with Gasteiger partial charge in [0.15, 0.2) is 0 Å². The molecule has 1 amide bonds. The Kier molecular flexibility index (Phi) is 2.68. The molecule has 4 nitrogen and oxygen atoms in total. The maximum absolute atomic E-state index is 13.0. The topological polar surface area (TPSA) is 55.1 Å². The minimum Gasteiger partial charge on any atom is -0.351 e. The standard InChI is InChI=1S/C11H9FN2O2/c1-7-2-3-8(12)6-9(7)14-11(15)10-4-5-13-16-10/h2-6H,1H3,(H,14,15). The summed E-state index contributed by atoms with van der Waals surface area (Å²) >= 11 is 0. The Morgan fingerprint density at radius 2 is 2.25 bits per heavy atom. The number of carbonyl (C=O) groups excluding carboxylic acids is 1. The van der Waals surface area contributed by atoms with Gasteiger partial charge in [0.05, 0.1) is 6.20 Å². The van der Waals surface area contributed by atoms with Crippen molar-refractivity contribution >= 4 is 11.6 Å². The van der Waals surface area contributed by atoms with Gasteiger partial charge in [-0.1, -0.05) is 11.2 Å². The lowest BCUT2D eigenvalue weighted by Crippen LogP contribution is -2.12. The van der Waals surface area contributed by atoms with E-state index in [1.807, 2.05) is 0 Å². The number of anilines is 1. The Hall–Kier alpha value is -2.17. The highest BCUT2D eigenvalue weighted by atomic mass is 19.1. The van der Waals surface area contributed by atoms with Gasteiger partial charge in [-0.2, -0.15) is 0 Å².